The van der Waals surface area contributed by atoms with E-state index in [0.29, 0.717) is 12.8 Å². The van der Waals surface area contributed by atoms with E-state index < -0.39 is 44.5 Å². The first kappa shape index (κ1) is 24.9. The summed E-state index contributed by atoms with van der Waals surface area (Å²) in [5.74, 6) is -0.174. The van der Waals surface area contributed by atoms with Crippen LogP contribution < -0.4 is 9.44 Å². The molecule has 2 N–H and O–H groups in total. The third-order valence-corrected chi connectivity index (χ3v) is 7.34. The SMILES string of the molecule is CCCS(=O)(=O)NCC(C)(F)c1ccc(C(C)(F)CNS(=O)(=O)CCC)cc1. The van der Waals surface area contributed by atoms with Gasteiger partial charge in [0.2, 0.25) is 20.0 Å². The van der Waals surface area contributed by atoms with Crippen molar-refractivity contribution in [1.82, 2.24) is 9.44 Å². The summed E-state index contributed by atoms with van der Waals surface area (Å²) in [4.78, 5) is 0. The van der Waals surface area contributed by atoms with E-state index in [0.717, 1.165) is 0 Å². The van der Waals surface area contributed by atoms with E-state index in [1.165, 1.54) is 38.1 Å². The van der Waals surface area contributed by atoms with Gasteiger partial charge in [0.25, 0.3) is 0 Å². The number of halogens is 2. The van der Waals surface area contributed by atoms with Gasteiger partial charge in [0.1, 0.15) is 11.3 Å². The summed E-state index contributed by atoms with van der Waals surface area (Å²) in [5.41, 5.74) is -3.57. The number of alkyl halides is 2. The van der Waals surface area contributed by atoms with Crippen molar-refractivity contribution in [2.45, 2.75) is 51.9 Å². The molecular formula is C18H30F2N2O4S2. The highest BCUT2D eigenvalue weighted by Crippen LogP contribution is 2.30. The first-order valence-electron chi connectivity index (χ1n) is 9.18. The average Bonchev–Trinajstić information content (AvgIpc) is 2.59. The van der Waals surface area contributed by atoms with Crippen LogP contribution in [0.25, 0.3) is 0 Å². The maximum atomic E-state index is 14.9. The number of benzene rings is 1. The Kier molecular flexibility index (Phi) is 8.55. The van der Waals surface area contributed by atoms with Gasteiger partial charge in [-0.05, 0) is 37.8 Å². The van der Waals surface area contributed by atoms with Crippen LogP contribution in [0.4, 0.5) is 8.78 Å². The van der Waals surface area contributed by atoms with Crippen LogP contribution in [0.3, 0.4) is 0 Å². The fourth-order valence-corrected chi connectivity index (χ4v) is 4.89. The Morgan fingerprint density at radius 2 is 1.04 bits per heavy atom. The van der Waals surface area contributed by atoms with Gasteiger partial charge in [-0.2, -0.15) is 0 Å². The van der Waals surface area contributed by atoms with Gasteiger partial charge >= 0.3 is 0 Å². The Morgan fingerprint density at radius 1 is 0.750 bits per heavy atom. The Bertz CT molecular complexity index is 766. The average molecular weight is 441 g/mol. The molecule has 0 aromatic heterocycles. The quantitative estimate of drug-likeness (QED) is 0.523. The third kappa shape index (κ3) is 7.73. The molecule has 0 saturated heterocycles. The zero-order valence-electron chi connectivity index (χ0n) is 16.8. The molecule has 0 radical (unpaired) electrons. The zero-order valence-corrected chi connectivity index (χ0v) is 18.4. The molecule has 1 aromatic carbocycles. The molecule has 2 unspecified atom stereocenters. The summed E-state index contributed by atoms with van der Waals surface area (Å²) in [5, 5.41) is 0. The number of nitrogens with one attached hydrogen (secondary N) is 2. The summed E-state index contributed by atoms with van der Waals surface area (Å²) in [6.45, 7) is 5.04. The lowest BCUT2D eigenvalue weighted by molar-refractivity contribution is 0.191. The van der Waals surface area contributed by atoms with Crippen LogP contribution in [0.5, 0.6) is 0 Å². The topological polar surface area (TPSA) is 92.3 Å². The van der Waals surface area contributed by atoms with E-state index in [1.807, 2.05) is 0 Å². The van der Waals surface area contributed by atoms with Crippen molar-refractivity contribution >= 4 is 20.0 Å². The van der Waals surface area contributed by atoms with Crippen molar-refractivity contribution < 1.29 is 25.6 Å². The number of hydrogen-bond acceptors (Lipinski definition) is 4. The largest absolute Gasteiger partial charge is 0.238 e. The second-order valence-electron chi connectivity index (χ2n) is 7.25. The first-order chi connectivity index (χ1) is 12.7. The predicted molar refractivity (Wildman–Crippen MR) is 108 cm³/mol. The highest BCUT2D eigenvalue weighted by atomic mass is 32.2. The Balaban J connectivity index is 2.85. The van der Waals surface area contributed by atoms with E-state index in [9.17, 15) is 25.6 Å². The molecule has 0 fully saturated rings. The predicted octanol–water partition coefficient (Wildman–Crippen LogP) is 2.71. The minimum atomic E-state index is -3.55. The van der Waals surface area contributed by atoms with Crippen molar-refractivity contribution in [3.05, 3.63) is 35.4 Å². The number of hydrogen-bond donors (Lipinski definition) is 2. The summed E-state index contributed by atoms with van der Waals surface area (Å²) in [7, 11) is -7.09. The summed E-state index contributed by atoms with van der Waals surface area (Å²) in [6, 6.07) is 5.51. The van der Waals surface area contributed by atoms with Gasteiger partial charge in [-0.15, -0.1) is 0 Å². The fraction of sp³-hybridized carbons (Fsp3) is 0.667. The molecular weight excluding hydrogens is 410 g/mol. The monoisotopic (exact) mass is 440 g/mol. The van der Waals surface area contributed by atoms with Gasteiger partial charge in [-0.1, -0.05) is 38.1 Å². The molecule has 2 atom stereocenters. The van der Waals surface area contributed by atoms with Gasteiger partial charge in [0, 0.05) is 13.1 Å². The molecule has 28 heavy (non-hydrogen) atoms. The van der Waals surface area contributed by atoms with Crippen molar-refractivity contribution in [2.75, 3.05) is 24.6 Å². The Hall–Kier alpha value is -1.10. The molecule has 10 heteroatoms. The van der Waals surface area contributed by atoms with Crippen LogP contribution >= 0.6 is 0 Å². The Labute approximate surface area is 167 Å². The van der Waals surface area contributed by atoms with E-state index in [4.69, 9.17) is 0 Å². The van der Waals surface area contributed by atoms with E-state index in [-0.39, 0.29) is 22.6 Å². The molecule has 0 bridgehead atoms. The van der Waals surface area contributed by atoms with Crippen molar-refractivity contribution in [1.29, 1.82) is 0 Å². The number of rotatable bonds is 12. The fourth-order valence-electron chi connectivity index (χ4n) is 2.54. The van der Waals surface area contributed by atoms with E-state index >= 15 is 0 Å². The molecule has 0 aliphatic rings. The second-order valence-corrected chi connectivity index (χ2v) is 11.1. The highest BCUT2D eigenvalue weighted by molar-refractivity contribution is 7.89. The molecule has 0 aliphatic heterocycles. The standard InChI is InChI=1S/C18H30F2N2O4S2/c1-5-11-27(23,24)21-13-17(3,19)15-7-9-16(10-8-15)18(4,20)14-22-28(25,26)12-6-2/h7-10,21-22H,5-6,11-14H2,1-4H3. The minimum Gasteiger partial charge on any atom is -0.238 e. The molecule has 0 amide bonds. The molecule has 0 aliphatic carbocycles. The normalized spacial score (nSPS) is 17.1. The van der Waals surface area contributed by atoms with Gasteiger partial charge in [-0.3, -0.25) is 0 Å². The van der Waals surface area contributed by atoms with Crippen LogP contribution in [0.2, 0.25) is 0 Å². The van der Waals surface area contributed by atoms with Crippen molar-refractivity contribution in [2.24, 2.45) is 0 Å². The lowest BCUT2D eigenvalue weighted by Crippen LogP contribution is -2.37. The van der Waals surface area contributed by atoms with Gasteiger partial charge in [-0.25, -0.2) is 35.1 Å². The molecule has 0 spiro atoms. The smallest absolute Gasteiger partial charge is 0.211 e. The van der Waals surface area contributed by atoms with Gasteiger partial charge < -0.3 is 0 Å². The molecule has 162 valence electrons. The van der Waals surface area contributed by atoms with Crippen LogP contribution in [0.1, 0.15) is 51.7 Å². The lowest BCUT2D eigenvalue weighted by Gasteiger charge is -2.24. The Morgan fingerprint density at radius 3 is 1.29 bits per heavy atom. The molecule has 0 saturated carbocycles. The third-order valence-electron chi connectivity index (χ3n) is 4.28. The summed E-state index contributed by atoms with van der Waals surface area (Å²) >= 11 is 0. The number of sulfonamides is 2. The first-order valence-corrected chi connectivity index (χ1v) is 12.5. The maximum Gasteiger partial charge on any atom is 0.211 e. The minimum absolute atomic E-state index is 0.0871. The van der Waals surface area contributed by atoms with Gasteiger partial charge in [0.15, 0.2) is 0 Å². The highest BCUT2D eigenvalue weighted by Gasteiger charge is 2.31. The molecule has 1 aromatic rings. The van der Waals surface area contributed by atoms with E-state index in [1.54, 1.807) is 13.8 Å². The second kappa shape index (κ2) is 9.60. The van der Waals surface area contributed by atoms with Crippen molar-refractivity contribution in [3.63, 3.8) is 0 Å². The van der Waals surface area contributed by atoms with Crippen LogP contribution in [-0.4, -0.2) is 41.4 Å². The van der Waals surface area contributed by atoms with Gasteiger partial charge in [0.05, 0.1) is 11.5 Å². The van der Waals surface area contributed by atoms with Crippen LogP contribution in [0.15, 0.2) is 24.3 Å². The maximum absolute atomic E-state index is 14.9. The van der Waals surface area contributed by atoms with Crippen LogP contribution in [-0.2, 0) is 31.4 Å². The summed E-state index contributed by atoms with van der Waals surface area (Å²) in [6.07, 6.45) is 0.842. The van der Waals surface area contributed by atoms with E-state index in [2.05, 4.69) is 9.44 Å². The molecule has 6 nitrogen and oxygen atoms in total. The lowest BCUT2D eigenvalue weighted by atomic mass is 9.92. The van der Waals surface area contributed by atoms with Crippen molar-refractivity contribution in [3.8, 4) is 0 Å². The van der Waals surface area contributed by atoms with Crippen LogP contribution in [0, 0.1) is 0 Å². The zero-order chi connectivity index (χ0) is 21.6. The molecule has 0 heterocycles. The molecule has 1 rings (SSSR count). The summed E-state index contributed by atoms with van der Waals surface area (Å²) < 4.78 is 81.1.